The van der Waals surface area contributed by atoms with Crippen LogP contribution in [0.2, 0.25) is 0 Å². The van der Waals surface area contributed by atoms with Gasteiger partial charge in [-0.05, 0) is 37.1 Å². The number of hydrogen-bond donors (Lipinski definition) is 1. The zero-order valence-electron chi connectivity index (χ0n) is 12.8. The molecule has 21 heavy (non-hydrogen) atoms. The van der Waals surface area contributed by atoms with Gasteiger partial charge in [0, 0.05) is 21.7 Å². The lowest BCUT2D eigenvalue weighted by Crippen LogP contribution is -2.22. The summed E-state index contributed by atoms with van der Waals surface area (Å²) in [5, 5.41) is 3.70. The minimum atomic E-state index is 0.253. The van der Waals surface area contributed by atoms with Crippen LogP contribution in [0.1, 0.15) is 47.2 Å². The second-order valence-electron chi connectivity index (χ2n) is 5.48. The Kier molecular flexibility index (Phi) is 4.61. The fourth-order valence-corrected chi connectivity index (χ4v) is 3.91. The maximum absolute atomic E-state index is 5.91. The van der Waals surface area contributed by atoms with Gasteiger partial charge in [-0.15, -0.1) is 11.3 Å². The van der Waals surface area contributed by atoms with Crippen LogP contribution in [0, 0.1) is 0 Å². The first-order valence-electron chi connectivity index (χ1n) is 7.90. The van der Waals surface area contributed by atoms with Crippen molar-refractivity contribution in [1.82, 2.24) is 5.32 Å². The zero-order chi connectivity index (χ0) is 14.7. The summed E-state index contributed by atoms with van der Waals surface area (Å²) in [6, 6.07) is 11.3. The van der Waals surface area contributed by atoms with E-state index in [1.807, 2.05) is 11.3 Å². The largest absolute Gasteiger partial charge is 0.493 e. The van der Waals surface area contributed by atoms with E-state index < -0.39 is 0 Å². The number of benzene rings is 1. The maximum atomic E-state index is 5.91. The summed E-state index contributed by atoms with van der Waals surface area (Å²) >= 11 is 1.91. The zero-order valence-corrected chi connectivity index (χ0v) is 13.6. The second kappa shape index (κ2) is 6.63. The van der Waals surface area contributed by atoms with Crippen LogP contribution in [-0.4, -0.2) is 13.2 Å². The van der Waals surface area contributed by atoms with Crippen LogP contribution in [0.4, 0.5) is 0 Å². The minimum absolute atomic E-state index is 0.253. The highest BCUT2D eigenvalue weighted by Gasteiger charge is 2.24. The molecule has 0 aliphatic carbocycles. The van der Waals surface area contributed by atoms with E-state index >= 15 is 0 Å². The van der Waals surface area contributed by atoms with Gasteiger partial charge in [0.15, 0.2) is 0 Å². The molecule has 0 radical (unpaired) electrons. The molecule has 3 rings (SSSR count). The van der Waals surface area contributed by atoms with Gasteiger partial charge < -0.3 is 10.1 Å². The van der Waals surface area contributed by atoms with Gasteiger partial charge in [0.05, 0.1) is 12.6 Å². The van der Waals surface area contributed by atoms with Crippen molar-refractivity contribution in [3.8, 4) is 5.75 Å². The van der Waals surface area contributed by atoms with Gasteiger partial charge in [-0.1, -0.05) is 32.0 Å². The molecule has 1 aromatic heterocycles. The molecule has 0 saturated carbocycles. The van der Waals surface area contributed by atoms with Crippen molar-refractivity contribution in [1.29, 1.82) is 0 Å². The molecule has 1 atom stereocenters. The summed E-state index contributed by atoms with van der Waals surface area (Å²) in [6.45, 7) is 6.26. The highest BCUT2D eigenvalue weighted by Crippen LogP contribution is 2.38. The molecule has 2 aromatic rings. The van der Waals surface area contributed by atoms with E-state index in [-0.39, 0.29) is 6.04 Å². The molecule has 1 unspecified atom stereocenters. The van der Waals surface area contributed by atoms with Crippen molar-refractivity contribution in [3.05, 3.63) is 51.2 Å². The maximum Gasteiger partial charge on any atom is 0.127 e. The molecular formula is C18H23NOS. The van der Waals surface area contributed by atoms with Crippen molar-refractivity contribution in [2.75, 3.05) is 13.2 Å². The van der Waals surface area contributed by atoms with Crippen LogP contribution >= 0.6 is 11.3 Å². The third-order valence-electron chi connectivity index (χ3n) is 3.97. The van der Waals surface area contributed by atoms with Crippen molar-refractivity contribution < 1.29 is 4.74 Å². The standard InChI is InChI=1S/C18H23NOS/c1-3-11-19-17(16-9-8-14(4-2)21-16)15-7-5-6-13-10-12-20-18(13)15/h5-9,17,19H,3-4,10-12H2,1-2H3. The van der Waals surface area contributed by atoms with E-state index in [2.05, 4.69) is 49.5 Å². The van der Waals surface area contributed by atoms with Crippen LogP contribution in [0.3, 0.4) is 0 Å². The second-order valence-corrected chi connectivity index (χ2v) is 6.68. The average Bonchev–Trinajstić information content (AvgIpc) is 3.16. The molecule has 1 N–H and O–H groups in total. The minimum Gasteiger partial charge on any atom is -0.493 e. The number of nitrogens with one attached hydrogen (secondary N) is 1. The summed E-state index contributed by atoms with van der Waals surface area (Å²) in [6.07, 6.45) is 3.28. The summed E-state index contributed by atoms with van der Waals surface area (Å²) in [7, 11) is 0. The first-order valence-corrected chi connectivity index (χ1v) is 8.71. The molecule has 1 aliphatic heterocycles. The van der Waals surface area contributed by atoms with Crippen LogP contribution < -0.4 is 10.1 Å². The van der Waals surface area contributed by atoms with E-state index in [1.165, 1.54) is 20.9 Å². The summed E-state index contributed by atoms with van der Waals surface area (Å²) < 4.78 is 5.91. The Morgan fingerprint density at radius 3 is 2.90 bits per heavy atom. The fraction of sp³-hybridized carbons (Fsp3) is 0.444. The number of ether oxygens (including phenoxy) is 1. The van der Waals surface area contributed by atoms with E-state index in [4.69, 9.17) is 4.74 Å². The Labute approximate surface area is 131 Å². The van der Waals surface area contributed by atoms with Crippen molar-refractivity contribution in [2.45, 2.75) is 39.2 Å². The Morgan fingerprint density at radius 1 is 1.24 bits per heavy atom. The molecule has 112 valence electrons. The molecule has 1 aromatic carbocycles. The normalized spacial score (nSPS) is 14.8. The van der Waals surface area contributed by atoms with Gasteiger partial charge in [0.1, 0.15) is 5.75 Å². The molecule has 2 heterocycles. The molecule has 0 fully saturated rings. The van der Waals surface area contributed by atoms with E-state index in [0.29, 0.717) is 0 Å². The smallest absolute Gasteiger partial charge is 0.127 e. The lowest BCUT2D eigenvalue weighted by molar-refractivity contribution is 0.350. The molecule has 1 aliphatic rings. The topological polar surface area (TPSA) is 21.3 Å². The fourth-order valence-electron chi connectivity index (χ4n) is 2.86. The van der Waals surface area contributed by atoms with Crippen LogP contribution in [0.5, 0.6) is 5.75 Å². The van der Waals surface area contributed by atoms with E-state index in [9.17, 15) is 0 Å². The summed E-state index contributed by atoms with van der Waals surface area (Å²) in [4.78, 5) is 2.84. The lowest BCUT2D eigenvalue weighted by atomic mass is 10.0. The first kappa shape index (κ1) is 14.6. The number of thiophene rings is 1. The molecular weight excluding hydrogens is 278 g/mol. The van der Waals surface area contributed by atoms with Crippen molar-refractivity contribution >= 4 is 11.3 Å². The summed E-state index contributed by atoms with van der Waals surface area (Å²) in [5.41, 5.74) is 2.64. The predicted octanol–water partition coefficient (Wildman–Crippen LogP) is 4.33. The molecule has 0 spiro atoms. The van der Waals surface area contributed by atoms with Gasteiger partial charge >= 0.3 is 0 Å². The number of hydrogen-bond acceptors (Lipinski definition) is 3. The number of rotatable bonds is 6. The van der Waals surface area contributed by atoms with Gasteiger partial charge in [-0.2, -0.15) is 0 Å². The van der Waals surface area contributed by atoms with E-state index in [0.717, 1.165) is 38.2 Å². The number of aryl methyl sites for hydroxylation is 1. The highest BCUT2D eigenvalue weighted by molar-refractivity contribution is 7.12. The van der Waals surface area contributed by atoms with Crippen LogP contribution in [0.15, 0.2) is 30.3 Å². The SMILES string of the molecule is CCCNC(c1ccc(CC)s1)c1cccc2c1OCC2. The third kappa shape index (κ3) is 2.99. The molecule has 0 saturated heterocycles. The predicted molar refractivity (Wildman–Crippen MR) is 89.5 cm³/mol. The highest BCUT2D eigenvalue weighted by atomic mass is 32.1. The molecule has 0 amide bonds. The Hall–Kier alpha value is -1.32. The Morgan fingerprint density at radius 2 is 2.14 bits per heavy atom. The average molecular weight is 301 g/mol. The molecule has 3 heteroatoms. The first-order chi connectivity index (χ1) is 10.3. The van der Waals surface area contributed by atoms with Gasteiger partial charge in [0.2, 0.25) is 0 Å². The van der Waals surface area contributed by atoms with Gasteiger partial charge in [0.25, 0.3) is 0 Å². The third-order valence-corrected chi connectivity index (χ3v) is 5.26. The molecule has 0 bridgehead atoms. The van der Waals surface area contributed by atoms with Gasteiger partial charge in [-0.25, -0.2) is 0 Å². The lowest BCUT2D eigenvalue weighted by Gasteiger charge is -2.20. The number of para-hydroxylation sites is 1. The van der Waals surface area contributed by atoms with Gasteiger partial charge in [-0.3, -0.25) is 0 Å². The monoisotopic (exact) mass is 301 g/mol. The number of fused-ring (bicyclic) bond motifs is 1. The van der Waals surface area contributed by atoms with Crippen LogP contribution in [-0.2, 0) is 12.8 Å². The van der Waals surface area contributed by atoms with E-state index in [1.54, 1.807) is 0 Å². The van der Waals surface area contributed by atoms with Crippen molar-refractivity contribution in [3.63, 3.8) is 0 Å². The summed E-state index contributed by atoms with van der Waals surface area (Å²) in [5.74, 6) is 1.11. The molecule has 2 nitrogen and oxygen atoms in total. The van der Waals surface area contributed by atoms with Crippen LogP contribution in [0.25, 0.3) is 0 Å². The Balaban J connectivity index is 1.97. The Bertz CT molecular complexity index is 605. The van der Waals surface area contributed by atoms with Crippen molar-refractivity contribution in [2.24, 2.45) is 0 Å². The quantitative estimate of drug-likeness (QED) is 0.857.